The minimum Gasteiger partial charge on any atom is -0.493 e. The molecule has 1 aromatic carbocycles. The molecule has 1 aromatic rings. The monoisotopic (exact) mass is 333 g/mol. The predicted octanol–water partition coefficient (Wildman–Crippen LogP) is 1.82. The van der Waals surface area contributed by atoms with Crippen molar-refractivity contribution >= 4 is 5.91 Å². The van der Waals surface area contributed by atoms with Crippen molar-refractivity contribution in [2.75, 3.05) is 46.4 Å². The van der Waals surface area contributed by atoms with Gasteiger partial charge in [0.05, 0.1) is 13.0 Å². The maximum Gasteiger partial charge on any atom is 0.223 e. The molecule has 1 heterocycles. The van der Waals surface area contributed by atoms with Crippen molar-refractivity contribution in [3.05, 3.63) is 29.3 Å². The van der Waals surface area contributed by atoms with Crippen LogP contribution in [0.1, 0.15) is 24.5 Å². The van der Waals surface area contributed by atoms with Crippen LogP contribution >= 0.6 is 0 Å². The topological polar surface area (TPSA) is 44.8 Å². The normalized spacial score (nSPS) is 17.5. The molecule has 1 unspecified atom stereocenters. The molecule has 1 saturated heterocycles. The molecule has 1 fully saturated rings. The predicted molar refractivity (Wildman–Crippen MR) is 97.6 cm³/mol. The third-order valence-electron chi connectivity index (χ3n) is 4.90. The highest BCUT2D eigenvalue weighted by molar-refractivity contribution is 5.76. The van der Waals surface area contributed by atoms with E-state index >= 15 is 0 Å². The molecule has 0 aromatic heterocycles. The molecule has 1 aliphatic rings. The molecule has 0 spiro atoms. The van der Waals surface area contributed by atoms with E-state index in [-0.39, 0.29) is 5.91 Å². The number of carbonyl (C=O) groups excluding carboxylic acids is 1. The van der Waals surface area contributed by atoms with Crippen molar-refractivity contribution in [3.8, 4) is 5.75 Å². The minimum absolute atomic E-state index is 0.0567. The number of amides is 1. The van der Waals surface area contributed by atoms with E-state index in [2.05, 4.69) is 42.1 Å². The number of benzene rings is 1. The van der Waals surface area contributed by atoms with E-state index in [1.165, 1.54) is 5.56 Å². The third kappa shape index (κ3) is 5.49. The summed E-state index contributed by atoms with van der Waals surface area (Å²) in [4.78, 5) is 16.8. The Hall–Kier alpha value is -1.59. The first kappa shape index (κ1) is 18.7. The highest BCUT2D eigenvalue weighted by Gasteiger charge is 2.19. The summed E-state index contributed by atoms with van der Waals surface area (Å²) in [6.45, 7) is 11.7. The lowest BCUT2D eigenvalue weighted by molar-refractivity contribution is -0.121. The number of rotatable bonds is 7. The standard InChI is InChI=1S/C19H31N3O2/c1-15-6-5-7-18(17(15)3)24-13-8-19(23)20-14-16(2)22-11-9-21(4)10-12-22/h5-7,16H,8-14H2,1-4H3,(H,20,23). The van der Waals surface area contributed by atoms with Crippen LogP contribution in [-0.4, -0.2) is 68.1 Å². The van der Waals surface area contributed by atoms with E-state index in [1.807, 2.05) is 19.1 Å². The molecular formula is C19H31N3O2. The zero-order valence-corrected chi connectivity index (χ0v) is 15.5. The maximum atomic E-state index is 12.0. The van der Waals surface area contributed by atoms with E-state index in [4.69, 9.17) is 4.74 Å². The second-order valence-electron chi connectivity index (χ2n) is 6.79. The first-order chi connectivity index (χ1) is 11.5. The number of likely N-dealkylation sites (N-methyl/N-ethyl adjacent to an activating group) is 1. The summed E-state index contributed by atoms with van der Waals surface area (Å²) in [5.74, 6) is 0.926. The summed E-state index contributed by atoms with van der Waals surface area (Å²) in [7, 11) is 2.15. The van der Waals surface area contributed by atoms with Gasteiger partial charge < -0.3 is 15.0 Å². The van der Waals surface area contributed by atoms with E-state index < -0.39 is 0 Å². The quantitative estimate of drug-likeness (QED) is 0.827. The van der Waals surface area contributed by atoms with Gasteiger partial charge in [0.2, 0.25) is 5.91 Å². The number of nitrogens with one attached hydrogen (secondary N) is 1. The fourth-order valence-corrected chi connectivity index (χ4v) is 2.88. The van der Waals surface area contributed by atoms with E-state index in [1.54, 1.807) is 0 Å². The molecule has 134 valence electrons. The van der Waals surface area contributed by atoms with Gasteiger partial charge in [0.25, 0.3) is 0 Å². The summed E-state index contributed by atoms with van der Waals surface area (Å²) >= 11 is 0. The van der Waals surface area contributed by atoms with Crippen molar-refractivity contribution in [3.63, 3.8) is 0 Å². The number of nitrogens with zero attached hydrogens (tertiary/aromatic N) is 2. The number of aryl methyl sites for hydroxylation is 1. The minimum atomic E-state index is 0.0567. The average Bonchev–Trinajstić information content (AvgIpc) is 2.57. The van der Waals surface area contributed by atoms with Gasteiger partial charge in [-0.3, -0.25) is 9.69 Å². The number of hydrogen-bond acceptors (Lipinski definition) is 4. The molecular weight excluding hydrogens is 302 g/mol. The molecule has 0 aliphatic carbocycles. The highest BCUT2D eigenvalue weighted by atomic mass is 16.5. The molecule has 1 aliphatic heterocycles. The summed E-state index contributed by atoms with van der Waals surface area (Å²) in [6, 6.07) is 6.38. The SMILES string of the molecule is Cc1cccc(OCCC(=O)NCC(C)N2CCN(C)CC2)c1C. The van der Waals surface area contributed by atoms with Gasteiger partial charge in [-0.2, -0.15) is 0 Å². The first-order valence-corrected chi connectivity index (χ1v) is 8.85. The summed E-state index contributed by atoms with van der Waals surface area (Å²) in [6.07, 6.45) is 0.392. The van der Waals surface area contributed by atoms with Crippen LogP contribution < -0.4 is 10.1 Å². The Morgan fingerprint density at radius 1 is 1.25 bits per heavy atom. The Morgan fingerprint density at radius 2 is 1.96 bits per heavy atom. The zero-order chi connectivity index (χ0) is 17.5. The Bertz CT molecular complexity index is 539. The van der Waals surface area contributed by atoms with Gasteiger partial charge in [-0.25, -0.2) is 0 Å². The smallest absolute Gasteiger partial charge is 0.223 e. The third-order valence-corrected chi connectivity index (χ3v) is 4.90. The van der Waals surface area contributed by atoms with Crippen LogP contribution in [0.4, 0.5) is 0 Å². The molecule has 0 bridgehead atoms. The van der Waals surface area contributed by atoms with Gasteiger partial charge in [-0.15, -0.1) is 0 Å². The van der Waals surface area contributed by atoms with Crippen LogP contribution in [-0.2, 0) is 4.79 Å². The van der Waals surface area contributed by atoms with Crippen LogP contribution in [0.2, 0.25) is 0 Å². The Morgan fingerprint density at radius 3 is 2.67 bits per heavy atom. The fourth-order valence-electron chi connectivity index (χ4n) is 2.88. The van der Waals surface area contributed by atoms with Crippen molar-refractivity contribution in [2.24, 2.45) is 0 Å². The Labute approximate surface area is 146 Å². The first-order valence-electron chi connectivity index (χ1n) is 8.85. The fraction of sp³-hybridized carbons (Fsp3) is 0.632. The summed E-state index contributed by atoms with van der Waals surface area (Å²) in [5.41, 5.74) is 2.35. The molecule has 0 radical (unpaired) electrons. The largest absolute Gasteiger partial charge is 0.493 e. The summed E-state index contributed by atoms with van der Waals surface area (Å²) in [5, 5.41) is 3.03. The van der Waals surface area contributed by atoms with Crippen LogP contribution in [0.25, 0.3) is 0 Å². The number of carbonyl (C=O) groups is 1. The van der Waals surface area contributed by atoms with Gasteiger partial charge in [-0.1, -0.05) is 12.1 Å². The zero-order valence-electron chi connectivity index (χ0n) is 15.5. The van der Waals surface area contributed by atoms with Gasteiger partial charge in [0, 0.05) is 38.8 Å². The van der Waals surface area contributed by atoms with Crippen molar-refractivity contribution in [1.82, 2.24) is 15.1 Å². The summed E-state index contributed by atoms with van der Waals surface area (Å²) < 4.78 is 5.75. The van der Waals surface area contributed by atoms with Gasteiger partial charge in [0.1, 0.15) is 5.75 Å². The van der Waals surface area contributed by atoms with E-state index in [9.17, 15) is 4.79 Å². The number of ether oxygens (including phenoxy) is 1. The lowest BCUT2D eigenvalue weighted by Crippen LogP contribution is -2.51. The second kappa shape index (κ2) is 9.04. The molecule has 1 N–H and O–H groups in total. The molecule has 0 saturated carbocycles. The van der Waals surface area contributed by atoms with E-state index in [0.29, 0.717) is 25.6 Å². The van der Waals surface area contributed by atoms with Crippen LogP contribution in [0.5, 0.6) is 5.75 Å². The Balaban J connectivity index is 1.65. The van der Waals surface area contributed by atoms with Gasteiger partial charge in [-0.05, 0) is 45.0 Å². The molecule has 1 atom stereocenters. The average molecular weight is 333 g/mol. The lowest BCUT2D eigenvalue weighted by atomic mass is 10.1. The van der Waals surface area contributed by atoms with Gasteiger partial charge in [0.15, 0.2) is 0 Å². The molecule has 2 rings (SSSR count). The molecule has 5 heteroatoms. The molecule has 5 nitrogen and oxygen atoms in total. The number of piperazine rings is 1. The van der Waals surface area contributed by atoms with Crippen LogP contribution in [0, 0.1) is 13.8 Å². The highest BCUT2D eigenvalue weighted by Crippen LogP contribution is 2.20. The van der Waals surface area contributed by atoms with E-state index in [0.717, 1.165) is 37.5 Å². The maximum absolute atomic E-state index is 12.0. The molecule has 1 amide bonds. The number of hydrogen-bond donors (Lipinski definition) is 1. The van der Waals surface area contributed by atoms with Crippen LogP contribution in [0.3, 0.4) is 0 Å². The van der Waals surface area contributed by atoms with Crippen molar-refractivity contribution in [2.45, 2.75) is 33.2 Å². The second-order valence-corrected chi connectivity index (χ2v) is 6.79. The van der Waals surface area contributed by atoms with Crippen molar-refractivity contribution < 1.29 is 9.53 Å². The van der Waals surface area contributed by atoms with Crippen molar-refractivity contribution in [1.29, 1.82) is 0 Å². The molecule has 24 heavy (non-hydrogen) atoms. The van der Waals surface area contributed by atoms with Crippen LogP contribution in [0.15, 0.2) is 18.2 Å². The lowest BCUT2D eigenvalue weighted by Gasteiger charge is -2.36. The Kier molecular flexibility index (Phi) is 7.06. The van der Waals surface area contributed by atoms with Gasteiger partial charge >= 0.3 is 0 Å².